The second-order valence-electron chi connectivity index (χ2n) is 8.73. The second kappa shape index (κ2) is 7.29. The Labute approximate surface area is 177 Å². The van der Waals surface area contributed by atoms with E-state index >= 15 is 0 Å². The third-order valence-electron chi connectivity index (χ3n) is 6.81. The first-order chi connectivity index (χ1) is 13.6. The molecule has 29 heavy (non-hydrogen) atoms. The SMILES string of the molecule is Cc1c(C(N)=O)c2cccc(Cl)c2n1C(C)N(C1CC2CCC(C2)C1)S(C)(=O)=O. The van der Waals surface area contributed by atoms with Gasteiger partial charge in [-0.1, -0.05) is 36.6 Å². The Balaban J connectivity index is 1.87. The van der Waals surface area contributed by atoms with Gasteiger partial charge in [0.2, 0.25) is 10.0 Å². The van der Waals surface area contributed by atoms with Crippen LogP contribution in [0.4, 0.5) is 0 Å². The van der Waals surface area contributed by atoms with Gasteiger partial charge in [0.25, 0.3) is 5.91 Å². The highest BCUT2D eigenvalue weighted by atomic mass is 35.5. The molecule has 2 fully saturated rings. The zero-order valence-electron chi connectivity index (χ0n) is 17.1. The molecule has 2 N–H and O–H groups in total. The molecule has 0 spiro atoms. The lowest BCUT2D eigenvalue weighted by molar-refractivity contribution is 0.100. The summed E-state index contributed by atoms with van der Waals surface area (Å²) in [4.78, 5) is 12.2. The van der Waals surface area contributed by atoms with Crippen LogP contribution in [-0.4, -0.2) is 35.5 Å². The quantitative estimate of drug-likeness (QED) is 0.765. The van der Waals surface area contributed by atoms with Gasteiger partial charge in [-0.2, -0.15) is 4.31 Å². The van der Waals surface area contributed by atoms with Crippen LogP contribution in [0.2, 0.25) is 5.02 Å². The van der Waals surface area contributed by atoms with Gasteiger partial charge >= 0.3 is 0 Å². The number of sulfonamides is 1. The van der Waals surface area contributed by atoms with Crippen molar-refractivity contribution in [3.05, 3.63) is 34.5 Å². The van der Waals surface area contributed by atoms with E-state index in [0.29, 0.717) is 39.0 Å². The molecule has 2 aliphatic rings. The number of carbonyl (C=O) groups excluding carboxylic acids is 1. The van der Waals surface area contributed by atoms with Crippen molar-refractivity contribution in [3.63, 3.8) is 0 Å². The maximum absolute atomic E-state index is 12.9. The molecular formula is C21H28ClN3O3S. The number of hydrogen-bond acceptors (Lipinski definition) is 3. The fourth-order valence-corrected chi connectivity index (χ4v) is 7.50. The topological polar surface area (TPSA) is 85.4 Å². The number of amides is 1. The molecular weight excluding hydrogens is 410 g/mol. The Morgan fingerprint density at radius 1 is 1.24 bits per heavy atom. The number of benzene rings is 1. The maximum atomic E-state index is 12.9. The highest BCUT2D eigenvalue weighted by Crippen LogP contribution is 2.46. The van der Waals surface area contributed by atoms with Gasteiger partial charge in [-0.05, 0) is 51.0 Å². The van der Waals surface area contributed by atoms with E-state index in [4.69, 9.17) is 17.3 Å². The van der Waals surface area contributed by atoms with E-state index in [-0.39, 0.29) is 6.04 Å². The van der Waals surface area contributed by atoms with Crippen molar-refractivity contribution in [1.29, 1.82) is 0 Å². The predicted molar refractivity (Wildman–Crippen MR) is 115 cm³/mol. The molecule has 1 heterocycles. The molecule has 2 saturated carbocycles. The molecule has 3 unspecified atom stereocenters. The lowest BCUT2D eigenvalue weighted by atomic mass is 9.85. The van der Waals surface area contributed by atoms with E-state index < -0.39 is 22.1 Å². The van der Waals surface area contributed by atoms with Gasteiger partial charge in [0.1, 0.15) is 0 Å². The summed E-state index contributed by atoms with van der Waals surface area (Å²) < 4.78 is 29.4. The van der Waals surface area contributed by atoms with Crippen LogP contribution in [0.5, 0.6) is 0 Å². The van der Waals surface area contributed by atoms with Gasteiger partial charge in [-0.3, -0.25) is 4.79 Å². The molecule has 4 rings (SSSR count). The van der Waals surface area contributed by atoms with Gasteiger partial charge in [0.15, 0.2) is 0 Å². The first kappa shape index (κ1) is 20.7. The molecule has 0 aliphatic heterocycles. The van der Waals surface area contributed by atoms with Crippen LogP contribution in [-0.2, 0) is 10.0 Å². The normalized spacial score (nSPS) is 25.6. The Kier molecular flexibility index (Phi) is 5.20. The van der Waals surface area contributed by atoms with Crippen molar-refractivity contribution in [3.8, 4) is 0 Å². The molecule has 1 aromatic carbocycles. The standard InChI is InChI=1S/C21H28ClN3O3S/c1-12-19(21(23)26)17-5-4-6-18(22)20(17)24(12)13(2)25(29(3,27)28)16-10-14-7-8-15(9-14)11-16/h4-6,13-16H,7-11H2,1-3H3,(H2,23,26). The van der Waals surface area contributed by atoms with E-state index in [0.717, 1.165) is 12.8 Å². The van der Waals surface area contributed by atoms with Crippen LogP contribution in [0, 0.1) is 18.8 Å². The summed E-state index contributed by atoms with van der Waals surface area (Å²) >= 11 is 6.52. The van der Waals surface area contributed by atoms with Crippen LogP contribution in [0.25, 0.3) is 10.9 Å². The Bertz CT molecular complexity index is 1070. The Morgan fingerprint density at radius 3 is 2.41 bits per heavy atom. The van der Waals surface area contributed by atoms with E-state index in [1.54, 1.807) is 23.4 Å². The minimum absolute atomic E-state index is 0.0392. The number of para-hydroxylation sites is 1. The van der Waals surface area contributed by atoms with Crippen LogP contribution in [0.15, 0.2) is 18.2 Å². The highest BCUT2D eigenvalue weighted by molar-refractivity contribution is 7.88. The largest absolute Gasteiger partial charge is 0.366 e. The molecule has 0 saturated heterocycles. The third kappa shape index (κ3) is 3.47. The third-order valence-corrected chi connectivity index (χ3v) is 8.49. The molecule has 158 valence electrons. The summed E-state index contributed by atoms with van der Waals surface area (Å²) in [5, 5.41) is 1.13. The summed E-state index contributed by atoms with van der Waals surface area (Å²) in [6.45, 7) is 3.68. The van der Waals surface area contributed by atoms with Crippen molar-refractivity contribution >= 4 is 38.4 Å². The number of nitrogens with zero attached hydrogens (tertiary/aromatic N) is 2. The van der Waals surface area contributed by atoms with Gasteiger partial charge in [0.05, 0.1) is 28.5 Å². The fraction of sp³-hybridized carbons (Fsp3) is 0.571. The highest BCUT2D eigenvalue weighted by Gasteiger charge is 2.42. The van der Waals surface area contributed by atoms with E-state index in [1.807, 2.05) is 17.6 Å². The monoisotopic (exact) mass is 437 g/mol. The van der Waals surface area contributed by atoms with E-state index in [2.05, 4.69) is 0 Å². The van der Waals surface area contributed by atoms with Crippen LogP contribution in [0.3, 0.4) is 0 Å². The number of primary amides is 1. The summed E-state index contributed by atoms with van der Waals surface area (Å²) in [7, 11) is -3.49. The lowest BCUT2D eigenvalue weighted by Gasteiger charge is -2.40. The molecule has 3 atom stereocenters. The van der Waals surface area contributed by atoms with Crippen molar-refractivity contribution in [2.24, 2.45) is 17.6 Å². The predicted octanol–water partition coefficient (Wildman–Crippen LogP) is 4.06. The fourth-order valence-electron chi connectivity index (χ4n) is 5.87. The molecule has 1 aromatic heterocycles. The average Bonchev–Trinajstić information content (AvgIpc) is 3.10. The number of nitrogens with two attached hydrogens (primary N) is 1. The lowest BCUT2D eigenvalue weighted by Crippen LogP contribution is -2.46. The molecule has 1 amide bonds. The molecule has 6 nitrogen and oxygen atoms in total. The van der Waals surface area contributed by atoms with E-state index in [1.165, 1.54) is 25.5 Å². The second-order valence-corrected chi connectivity index (χ2v) is 11.0. The minimum Gasteiger partial charge on any atom is -0.366 e. The smallest absolute Gasteiger partial charge is 0.251 e. The van der Waals surface area contributed by atoms with Crippen LogP contribution >= 0.6 is 11.6 Å². The number of carbonyl (C=O) groups is 1. The van der Waals surface area contributed by atoms with Crippen molar-refractivity contribution in [2.75, 3.05) is 6.26 Å². The average molecular weight is 438 g/mol. The van der Waals surface area contributed by atoms with Gasteiger partial charge < -0.3 is 10.3 Å². The van der Waals surface area contributed by atoms with Crippen molar-refractivity contribution in [2.45, 2.75) is 58.2 Å². The summed E-state index contributed by atoms with van der Waals surface area (Å²) in [6.07, 6.45) is 6.14. The first-order valence-corrected chi connectivity index (χ1v) is 12.4. The molecule has 2 bridgehead atoms. The maximum Gasteiger partial charge on any atom is 0.251 e. The Morgan fingerprint density at radius 2 is 1.86 bits per heavy atom. The van der Waals surface area contributed by atoms with Crippen LogP contribution < -0.4 is 5.73 Å². The number of halogens is 1. The molecule has 0 radical (unpaired) electrons. The molecule has 8 heteroatoms. The van der Waals surface area contributed by atoms with Crippen molar-refractivity contribution < 1.29 is 13.2 Å². The zero-order valence-corrected chi connectivity index (χ0v) is 18.6. The number of aromatic nitrogens is 1. The summed E-state index contributed by atoms with van der Waals surface area (Å²) in [5.41, 5.74) is 7.35. The number of hydrogen-bond donors (Lipinski definition) is 1. The summed E-state index contributed by atoms with van der Waals surface area (Å²) in [5.74, 6) is 0.660. The first-order valence-electron chi connectivity index (χ1n) is 10.2. The van der Waals surface area contributed by atoms with Crippen molar-refractivity contribution in [1.82, 2.24) is 8.87 Å². The van der Waals surface area contributed by atoms with Crippen LogP contribution in [0.1, 0.15) is 61.2 Å². The minimum atomic E-state index is -3.49. The molecule has 2 aromatic rings. The van der Waals surface area contributed by atoms with Gasteiger partial charge in [0, 0.05) is 17.1 Å². The Hall–Kier alpha value is -1.57. The number of rotatable bonds is 5. The molecule has 2 aliphatic carbocycles. The van der Waals surface area contributed by atoms with Gasteiger partial charge in [-0.25, -0.2) is 8.42 Å². The van der Waals surface area contributed by atoms with Gasteiger partial charge in [-0.15, -0.1) is 0 Å². The zero-order chi connectivity index (χ0) is 21.1. The van der Waals surface area contributed by atoms with E-state index in [9.17, 15) is 13.2 Å². The number of fused-ring (bicyclic) bond motifs is 3. The summed E-state index contributed by atoms with van der Waals surface area (Å²) in [6, 6.07) is 5.30.